The molecule has 0 aliphatic carbocycles. The van der Waals surface area contributed by atoms with E-state index in [9.17, 15) is 0 Å². The van der Waals surface area contributed by atoms with E-state index in [-0.39, 0.29) is 12.7 Å². The number of aryl methyl sites for hydroxylation is 1. The monoisotopic (exact) mass is 280 g/mol. The molecule has 0 bridgehead atoms. The number of rotatable bonds is 3. The van der Waals surface area contributed by atoms with E-state index in [2.05, 4.69) is 11.8 Å². The summed E-state index contributed by atoms with van der Waals surface area (Å²) < 4.78 is 5.72. The topological polar surface area (TPSA) is 29.5 Å². The summed E-state index contributed by atoms with van der Waals surface area (Å²) in [6.07, 6.45) is 0.172. The van der Waals surface area contributed by atoms with Gasteiger partial charge in [0, 0.05) is 11.1 Å². The lowest BCUT2D eigenvalue weighted by Gasteiger charge is -2.12. The molecular formula is C19H20O2. The summed E-state index contributed by atoms with van der Waals surface area (Å²) in [6.45, 7) is 6.12. The lowest BCUT2D eigenvalue weighted by atomic mass is 10.1. The van der Waals surface area contributed by atoms with Crippen molar-refractivity contribution in [2.45, 2.75) is 33.5 Å². The summed E-state index contributed by atoms with van der Waals surface area (Å²) >= 11 is 0. The van der Waals surface area contributed by atoms with Gasteiger partial charge in [-0.15, -0.1) is 0 Å². The Hall–Kier alpha value is -2.24. The van der Waals surface area contributed by atoms with Crippen molar-refractivity contribution < 1.29 is 9.84 Å². The van der Waals surface area contributed by atoms with Crippen molar-refractivity contribution in [3.8, 4) is 17.6 Å². The van der Waals surface area contributed by atoms with E-state index in [1.54, 1.807) is 0 Å². The third-order valence-electron chi connectivity index (χ3n) is 3.03. The largest absolute Gasteiger partial charge is 0.491 e. The Kier molecular flexibility index (Phi) is 5.03. The summed E-state index contributed by atoms with van der Waals surface area (Å²) in [6, 6.07) is 13.6. The van der Waals surface area contributed by atoms with Gasteiger partial charge in [-0.25, -0.2) is 0 Å². The van der Waals surface area contributed by atoms with Crippen LogP contribution in [-0.2, 0) is 6.61 Å². The molecule has 0 unspecified atom stereocenters. The van der Waals surface area contributed by atoms with Gasteiger partial charge < -0.3 is 9.84 Å². The smallest absolute Gasteiger partial charge is 0.122 e. The number of aliphatic hydroxyl groups excluding tert-OH is 1. The van der Waals surface area contributed by atoms with E-state index in [1.165, 1.54) is 0 Å². The van der Waals surface area contributed by atoms with Crippen molar-refractivity contribution >= 4 is 0 Å². The molecule has 0 fully saturated rings. The summed E-state index contributed by atoms with van der Waals surface area (Å²) in [4.78, 5) is 0. The molecule has 2 rings (SSSR count). The summed E-state index contributed by atoms with van der Waals surface area (Å²) in [5.74, 6) is 7.18. The van der Waals surface area contributed by atoms with E-state index in [0.29, 0.717) is 0 Å². The molecule has 0 saturated heterocycles. The van der Waals surface area contributed by atoms with Gasteiger partial charge in [-0.1, -0.05) is 24.0 Å². The fourth-order valence-electron chi connectivity index (χ4n) is 1.95. The molecule has 0 aliphatic heterocycles. The molecule has 2 aromatic rings. The van der Waals surface area contributed by atoms with Crippen molar-refractivity contribution in [2.75, 3.05) is 0 Å². The third-order valence-corrected chi connectivity index (χ3v) is 3.03. The van der Waals surface area contributed by atoms with Crippen molar-refractivity contribution in [3.05, 3.63) is 64.7 Å². The van der Waals surface area contributed by atoms with Gasteiger partial charge in [-0.05, 0) is 62.2 Å². The second-order valence-corrected chi connectivity index (χ2v) is 5.25. The van der Waals surface area contributed by atoms with Crippen LogP contribution in [0.3, 0.4) is 0 Å². The van der Waals surface area contributed by atoms with Gasteiger partial charge in [0.15, 0.2) is 0 Å². The maximum Gasteiger partial charge on any atom is 0.122 e. The highest BCUT2D eigenvalue weighted by Gasteiger charge is 2.02. The molecular weight excluding hydrogens is 260 g/mol. The molecule has 21 heavy (non-hydrogen) atoms. The molecule has 0 spiro atoms. The van der Waals surface area contributed by atoms with Crippen LogP contribution in [0.5, 0.6) is 5.75 Å². The molecule has 0 radical (unpaired) electrons. The quantitative estimate of drug-likeness (QED) is 0.869. The molecule has 108 valence electrons. The Morgan fingerprint density at radius 1 is 1.00 bits per heavy atom. The van der Waals surface area contributed by atoms with Gasteiger partial charge in [-0.2, -0.15) is 0 Å². The first-order chi connectivity index (χ1) is 10.1. The standard InChI is InChI=1S/C19H20O2/c1-14(2)21-19-11-10-17(12-15(19)3)7-4-16-5-8-18(13-20)9-6-16/h5-6,8-12,14,20H,13H2,1-3H3. The molecule has 2 aromatic carbocycles. The number of ether oxygens (including phenoxy) is 1. The predicted molar refractivity (Wildman–Crippen MR) is 85.3 cm³/mol. The molecule has 0 aromatic heterocycles. The fourth-order valence-corrected chi connectivity index (χ4v) is 1.95. The van der Waals surface area contributed by atoms with Crippen LogP contribution in [0.4, 0.5) is 0 Å². The molecule has 2 heteroatoms. The average Bonchev–Trinajstić information content (AvgIpc) is 2.48. The highest BCUT2D eigenvalue weighted by atomic mass is 16.5. The van der Waals surface area contributed by atoms with Crippen molar-refractivity contribution in [3.63, 3.8) is 0 Å². The maximum atomic E-state index is 9.01. The van der Waals surface area contributed by atoms with E-state index >= 15 is 0 Å². The summed E-state index contributed by atoms with van der Waals surface area (Å²) in [5, 5.41) is 9.01. The summed E-state index contributed by atoms with van der Waals surface area (Å²) in [5.41, 5.74) is 3.89. The van der Waals surface area contributed by atoms with Crippen molar-refractivity contribution in [2.24, 2.45) is 0 Å². The Labute approximate surface area is 126 Å². The molecule has 2 nitrogen and oxygen atoms in total. The van der Waals surface area contributed by atoms with Crippen LogP contribution in [0.1, 0.15) is 36.1 Å². The van der Waals surface area contributed by atoms with Crippen LogP contribution in [0, 0.1) is 18.8 Å². The molecule has 1 N–H and O–H groups in total. The number of benzene rings is 2. The van der Waals surface area contributed by atoms with E-state index in [0.717, 1.165) is 28.0 Å². The van der Waals surface area contributed by atoms with Crippen LogP contribution >= 0.6 is 0 Å². The van der Waals surface area contributed by atoms with E-state index in [4.69, 9.17) is 9.84 Å². The van der Waals surface area contributed by atoms with E-state index in [1.807, 2.05) is 63.2 Å². The second-order valence-electron chi connectivity index (χ2n) is 5.25. The predicted octanol–water partition coefficient (Wildman–Crippen LogP) is 3.67. The van der Waals surface area contributed by atoms with Crippen LogP contribution in [0.15, 0.2) is 42.5 Å². The fraction of sp³-hybridized carbons (Fsp3) is 0.263. The van der Waals surface area contributed by atoms with Crippen LogP contribution in [0.25, 0.3) is 0 Å². The molecule has 0 amide bonds. The zero-order valence-electron chi connectivity index (χ0n) is 12.7. The minimum absolute atomic E-state index is 0.0597. The SMILES string of the molecule is Cc1cc(C#Cc2ccc(CO)cc2)ccc1OC(C)C. The molecule has 0 saturated carbocycles. The molecule has 0 heterocycles. The zero-order chi connectivity index (χ0) is 15.2. The van der Waals surface area contributed by atoms with Gasteiger partial charge in [0.25, 0.3) is 0 Å². The third kappa shape index (κ3) is 4.37. The Bertz CT molecular complexity index is 658. The maximum absolute atomic E-state index is 9.01. The van der Waals surface area contributed by atoms with Gasteiger partial charge in [0.1, 0.15) is 5.75 Å². The summed E-state index contributed by atoms with van der Waals surface area (Å²) in [7, 11) is 0. The van der Waals surface area contributed by atoms with E-state index < -0.39 is 0 Å². The lowest BCUT2D eigenvalue weighted by molar-refractivity contribution is 0.241. The first-order valence-corrected chi connectivity index (χ1v) is 7.07. The highest BCUT2D eigenvalue weighted by molar-refractivity contribution is 5.47. The Morgan fingerprint density at radius 3 is 2.19 bits per heavy atom. The zero-order valence-corrected chi connectivity index (χ0v) is 12.7. The van der Waals surface area contributed by atoms with Gasteiger partial charge in [0.05, 0.1) is 12.7 Å². The van der Waals surface area contributed by atoms with Crippen LogP contribution in [-0.4, -0.2) is 11.2 Å². The van der Waals surface area contributed by atoms with Crippen LogP contribution in [0.2, 0.25) is 0 Å². The number of aliphatic hydroxyl groups is 1. The number of hydrogen-bond donors (Lipinski definition) is 1. The van der Waals surface area contributed by atoms with Crippen LogP contribution < -0.4 is 4.74 Å². The normalized spacial score (nSPS) is 10.1. The highest BCUT2D eigenvalue weighted by Crippen LogP contribution is 2.20. The number of hydrogen-bond acceptors (Lipinski definition) is 2. The molecule has 0 atom stereocenters. The minimum atomic E-state index is 0.0597. The second kappa shape index (κ2) is 6.97. The van der Waals surface area contributed by atoms with Gasteiger partial charge >= 0.3 is 0 Å². The Balaban J connectivity index is 2.16. The minimum Gasteiger partial charge on any atom is -0.491 e. The first kappa shape index (κ1) is 15.2. The first-order valence-electron chi connectivity index (χ1n) is 7.07. The van der Waals surface area contributed by atoms with Crippen molar-refractivity contribution in [1.29, 1.82) is 0 Å². The lowest BCUT2D eigenvalue weighted by Crippen LogP contribution is -2.06. The molecule has 0 aliphatic rings. The Morgan fingerprint density at radius 2 is 1.62 bits per heavy atom. The average molecular weight is 280 g/mol. The van der Waals surface area contributed by atoms with Gasteiger partial charge in [0.2, 0.25) is 0 Å². The van der Waals surface area contributed by atoms with Crippen molar-refractivity contribution in [1.82, 2.24) is 0 Å². The van der Waals surface area contributed by atoms with Gasteiger partial charge in [-0.3, -0.25) is 0 Å².